The molecule has 1 aliphatic heterocycles. The summed E-state index contributed by atoms with van der Waals surface area (Å²) < 4.78 is 12.9. The molecule has 0 amide bonds. The predicted octanol–water partition coefficient (Wildman–Crippen LogP) is 2.30. The average Bonchev–Trinajstić information content (AvgIpc) is 3.27. The van der Waals surface area contributed by atoms with Crippen LogP contribution < -0.4 is 14.8 Å². The minimum Gasteiger partial charge on any atom is -0.497 e. The van der Waals surface area contributed by atoms with Gasteiger partial charge in [0, 0.05) is 63.8 Å². The molecule has 3 rings (SSSR count). The van der Waals surface area contributed by atoms with Crippen molar-refractivity contribution in [2.45, 2.75) is 20.0 Å². The first-order valence-electron chi connectivity index (χ1n) is 10.2. The Kier molecular flexibility index (Phi) is 10.2. The lowest BCUT2D eigenvalue weighted by Crippen LogP contribution is -2.52. The molecular weight excluding hydrogens is 495 g/mol. The van der Waals surface area contributed by atoms with Crippen molar-refractivity contribution in [1.29, 1.82) is 0 Å². The summed E-state index contributed by atoms with van der Waals surface area (Å²) in [5, 5.41) is 3.43. The molecule has 0 radical (unpaired) electrons. The molecule has 1 aromatic carbocycles. The van der Waals surface area contributed by atoms with Gasteiger partial charge in [-0.25, -0.2) is 4.98 Å². The molecule has 2 aromatic rings. The first-order chi connectivity index (χ1) is 14.2. The molecule has 1 N–H and O–H groups in total. The van der Waals surface area contributed by atoms with E-state index in [1.165, 1.54) is 0 Å². The second-order valence-electron chi connectivity index (χ2n) is 6.98. The summed E-state index contributed by atoms with van der Waals surface area (Å²) in [6, 6.07) is 5.97. The van der Waals surface area contributed by atoms with Crippen LogP contribution in [0.3, 0.4) is 0 Å². The first kappa shape index (κ1) is 24.3. The van der Waals surface area contributed by atoms with Crippen LogP contribution >= 0.6 is 24.0 Å². The van der Waals surface area contributed by atoms with Gasteiger partial charge in [-0.05, 0) is 25.1 Å². The van der Waals surface area contributed by atoms with Crippen molar-refractivity contribution in [3.8, 4) is 11.5 Å². The van der Waals surface area contributed by atoms with Crippen molar-refractivity contribution in [3.05, 3.63) is 42.5 Å². The van der Waals surface area contributed by atoms with Crippen LogP contribution in [0.25, 0.3) is 0 Å². The van der Waals surface area contributed by atoms with Crippen molar-refractivity contribution in [2.75, 3.05) is 53.5 Å². The molecule has 1 fully saturated rings. The Morgan fingerprint density at radius 1 is 1.17 bits per heavy atom. The fourth-order valence-electron chi connectivity index (χ4n) is 3.48. The SMILES string of the molecule is CCNC(=NCCn1ccnc1)N1CCN(Cc2cc(OC)ccc2OC)CC1.I. The fraction of sp³-hybridized carbons (Fsp3) is 0.524. The van der Waals surface area contributed by atoms with E-state index in [4.69, 9.17) is 14.5 Å². The topological polar surface area (TPSA) is 67.2 Å². The third-order valence-corrected chi connectivity index (χ3v) is 5.07. The van der Waals surface area contributed by atoms with E-state index in [2.05, 4.69) is 33.1 Å². The standard InChI is InChI=1S/C21H32N6O2.HI/c1-4-23-21(24-8-10-26-9-7-22-17-26)27-13-11-25(12-14-27)16-18-15-19(28-2)5-6-20(18)29-3;/h5-7,9,15,17H,4,8,10-14,16H2,1-3H3,(H,23,24);1H. The van der Waals surface area contributed by atoms with Crippen LogP contribution in [0.2, 0.25) is 0 Å². The monoisotopic (exact) mass is 528 g/mol. The molecule has 0 spiro atoms. The molecule has 1 aliphatic rings. The van der Waals surface area contributed by atoms with Crippen LogP contribution in [0.4, 0.5) is 0 Å². The maximum absolute atomic E-state index is 5.52. The van der Waals surface area contributed by atoms with E-state index < -0.39 is 0 Å². The Hall–Kier alpha value is -2.01. The van der Waals surface area contributed by atoms with Gasteiger partial charge in [-0.2, -0.15) is 0 Å². The lowest BCUT2D eigenvalue weighted by Gasteiger charge is -2.36. The van der Waals surface area contributed by atoms with Crippen LogP contribution in [0.1, 0.15) is 12.5 Å². The third kappa shape index (κ3) is 6.76. The Morgan fingerprint density at radius 3 is 2.60 bits per heavy atom. The molecule has 30 heavy (non-hydrogen) atoms. The molecule has 166 valence electrons. The number of halogens is 1. The number of methoxy groups -OCH3 is 2. The zero-order valence-electron chi connectivity index (χ0n) is 18.1. The van der Waals surface area contributed by atoms with Gasteiger partial charge in [-0.15, -0.1) is 24.0 Å². The number of aromatic nitrogens is 2. The second kappa shape index (κ2) is 12.6. The number of hydrogen-bond donors (Lipinski definition) is 1. The van der Waals surface area contributed by atoms with Crippen LogP contribution in [-0.4, -0.2) is 78.8 Å². The molecule has 2 heterocycles. The van der Waals surface area contributed by atoms with Gasteiger partial charge < -0.3 is 24.3 Å². The van der Waals surface area contributed by atoms with E-state index in [1.54, 1.807) is 20.4 Å². The number of guanidine groups is 1. The van der Waals surface area contributed by atoms with Crippen LogP contribution in [0.5, 0.6) is 11.5 Å². The van der Waals surface area contributed by atoms with E-state index in [-0.39, 0.29) is 24.0 Å². The smallest absolute Gasteiger partial charge is 0.194 e. The highest BCUT2D eigenvalue weighted by Crippen LogP contribution is 2.25. The van der Waals surface area contributed by atoms with Crippen LogP contribution in [-0.2, 0) is 13.1 Å². The molecule has 0 bridgehead atoms. The second-order valence-corrected chi connectivity index (χ2v) is 6.98. The molecule has 9 heteroatoms. The zero-order valence-corrected chi connectivity index (χ0v) is 20.4. The normalized spacial score (nSPS) is 14.9. The molecule has 0 aliphatic carbocycles. The number of aliphatic imine (C=N–C) groups is 1. The maximum atomic E-state index is 5.52. The minimum atomic E-state index is 0. The van der Waals surface area contributed by atoms with Gasteiger partial charge in [0.2, 0.25) is 0 Å². The number of rotatable bonds is 8. The van der Waals surface area contributed by atoms with Gasteiger partial charge in [0.15, 0.2) is 5.96 Å². The molecule has 0 unspecified atom stereocenters. The number of nitrogens with one attached hydrogen (secondary N) is 1. The molecule has 1 aromatic heterocycles. The van der Waals surface area contributed by atoms with Gasteiger partial charge in [-0.3, -0.25) is 9.89 Å². The van der Waals surface area contributed by atoms with E-state index in [9.17, 15) is 0 Å². The largest absolute Gasteiger partial charge is 0.497 e. The summed E-state index contributed by atoms with van der Waals surface area (Å²) in [5.41, 5.74) is 1.15. The number of hydrogen-bond acceptors (Lipinski definition) is 5. The summed E-state index contributed by atoms with van der Waals surface area (Å²) in [7, 11) is 3.41. The van der Waals surface area contributed by atoms with Gasteiger partial charge in [0.1, 0.15) is 11.5 Å². The van der Waals surface area contributed by atoms with E-state index in [0.29, 0.717) is 0 Å². The van der Waals surface area contributed by atoms with Crippen LogP contribution in [0, 0.1) is 0 Å². The highest BCUT2D eigenvalue weighted by atomic mass is 127. The van der Waals surface area contributed by atoms with Crippen molar-refractivity contribution in [1.82, 2.24) is 24.7 Å². The Balaban J connectivity index is 0.00000320. The first-order valence-corrected chi connectivity index (χ1v) is 10.2. The summed E-state index contributed by atoms with van der Waals surface area (Å²) in [5.74, 6) is 2.76. The number of nitrogens with zero attached hydrogens (tertiary/aromatic N) is 5. The quantitative estimate of drug-likeness (QED) is 0.323. The van der Waals surface area contributed by atoms with Crippen molar-refractivity contribution < 1.29 is 9.47 Å². The van der Waals surface area contributed by atoms with Gasteiger partial charge >= 0.3 is 0 Å². The van der Waals surface area contributed by atoms with E-state index >= 15 is 0 Å². The van der Waals surface area contributed by atoms with Crippen molar-refractivity contribution in [3.63, 3.8) is 0 Å². The Morgan fingerprint density at radius 2 is 1.97 bits per heavy atom. The fourth-order valence-corrected chi connectivity index (χ4v) is 3.48. The summed E-state index contributed by atoms with van der Waals surface area (Å²) in [6.45, 7) is 9.25. The molecular formula is C21H33IN6O2. The Bertz CT molecular complexity index is 776. The molecule has 0 saturated carbocycles. The number of ether oxygens (including phenoxy) is 2. The predicted molar refractivity (Wildman–Crippen MR) is 130 cm³/mol. The lowest BCUT2D eigenvalue weighted by atomic mass is 10.1. The number of imidazole rings is 1. The summed E-state index contributed by atoms with van der Waals surface area (Å²) >= 11 is 0. The highest BCUT2D eigenvalue weighted by Gasteiger charge is 2.20. The molecule has 8 nitrogen and oxygen atoms in total. The average molecular weight is 528 g/mol. The summed E-state index contributed by atoms with van der Waals surface area (Å²) in [4.78, 5) is 13.7. The van der Waals surface area contributed by atoms with Gasteiger partial charge in [0.25, 0.3) is 0 Å². The van der Waals surface area contributed by atoms with E-state index in [0.717, 1.165) is 75.4 Å². The lowest BCUT2D eigenvalue weighted by molar-refractivity contribution is 0.171. The third-order valence-electron chi connectivity index (χ3n) is 5.07. The van der Waals surface area contributed by atoms with Crippen LogP contribution in [0.15, 0.2) is 41.9 Å². The molecule has 0 atom stereocenters. The van der Waals surface area contributed by atoms with E-state index in [1.807, 2.05) is 29.2 Å². The van der Waals surface area contributed by atoms with Crippen molar-refractivity contribution in [2.24, 2.45) is 4.99 Å². The van der Waals surface area contributed by atoms with Gasteiger partial charge in [-0.1, -0.05) is 0 Å². The zero-order chi connectivity index (χ0) is 20.5. The minimum absolute atomic E-state index is 0. The van der Waals surface area contributed by atoms with Gasteiger partial charge in [0.05, 0.1) is 27.1 Å². The van der Waals surface area contributed by atoms with Crippen molar-refractivity contribution >= 4 is 29.9 Å². The maximum Gasteiger partial charge on any atom is 0.194 e. The Labute approximate surface area is 196 Å². The number of benzene rings is 1. The molecule has 1 saturated heterocycles. The number of piperazine rings is 1. The summed E-state index contributed by atoms with van der Waals surface area (Å²) in [6.07, 6.45) is 5.59. The highest BCUT2D eigenvalue weighted by molar-refractivity contribution is 14.0.